The lowest BCUT2D eigenvalue weighted by atomic mass is 10.1. The molecule has 3 rings (SSSR count). The molecule has 1 N–H and O–H groups in total. The topological polar surface area (TPSA) is 68.5 Å². The summed E-state index contributed by atoms with van der Waals surface area (Å²) in [5.41, 5.74) is 0.270. The molecule has 25 heavy (non-hydrogen) atoms. The molecular weight excluding hydrogens is 325 g/mol. The van der Waals surface area contributed by atoms with Crippen LogP contribution < -0.4 is 15.7 Å². The molecule has 1 atom stereocenters. The maximum atomic E-state index is 13.0. The number of fused-ring (bicyclic) bond motifs is 1. The highest BCUT2D eigenvalue weighted by molar-refractivity contribution is 5.97. The minimum Gasteiger partial charge on any atom is -0.497 e. The van der Waals surface area contributed by atoms with Crippen molar-refractivity contribution < 1.29 is 18.3 Å². The van der Waals surface area contributed by atoms with Crippen molar-refractivity contribution in [3.05, 3.63) is 75.9 Å². The van der Waals surface area contributed by atoms with Crippen LogP contribution >= 0.6 is 0 Å². The molecule has 1 amide bonds. The van der Waals surface area contributed by atoms with Crippen LogP contribution in [0.3, 0.4) is 0 Å². The Hall–Kier alpha value is -3.15. The van der Waals surface area contributed by atoms with Gasteiger partial charge in [0.2, 0.25) is 0 Å². The summed E-state index contributed by atoms with van der Waals surface area (Å²) in [7, 11) is 1.53. The number of halogens is 1. The average Bonchev–Trinajstić information content (AvgIpc) is 2.61. The molecule has 1 unspecified atom stereocenters. The minimum absolute atomic E-state index is 0.102. The van der Waals surface area contributed by atoms with E-state index in [2.05, 4.69) is 5.32 Å². The Morgan fingerprint density at radius 2 is 1.88 bits per heavy atom. The van der Waals surface area contributed by atoms with Crippen LogP contribution in [-0.4, -0.2) is 13.0 Å². The molecule has 5 nitrogen and oxygen atoms in total. The quantitative estimate of drug-likeness (QED) is 0.738. The highest BCUT2D eigenvalue weighted by Gasteiger charge is 2.17. The van der Waals surface area contributed by atoms with Crippen molar-refractivity contribution in [1.29, 1.82) is 0 Å². The molecule has 0 radical (unpaired) electrons. The van der Waals surface area contributed by atoms with Gasteiger partial charge in [-0.2, -0.15) is 0 Å². The summed E-state index contributed by atoms with van der Waals surface area (Å²) in [5.74, 6) is -0.325. The van der Waals surface area contributed by atoms with E-state index in [1.165, 1.54) is 25.3 Å². The average molecular weight is 341 g/mol. The molecule has 0 bridgehead atoms. The van der Waals surface area contributed by atoms with E-state index in [-0.39, 0.29) is 11.4 Å². The van der Waals surface area contributed by atoms with Gasteiger partial charge in [-0.05, 0) is 48.9 Å². The third-order valence-electron chi connectivity index (χ3n) is 3.90. The molecule has 128 valence electrons. The van der Waals surface area contributed by atoms with E-state index in [1.54, 1.807) is 37.3 Å². The van der Waals surface area contributed by atoms with Gasteiger partial charge in [0, 0.05) is 5.39 Å². The first-order valence-corrected chi connectivity index (χ1v) is 7.66. The Morgan fingerprint density at radius 1 is 1.16 bits per heavy atom. The van der Waals surface area contributed by atoms with E-state index in [9.17, 15) is 14.0 Å². The van der Waals surface area contributed by atoms with Crippen LogP contribution in [0.1, 0.15) is 28.9 Å². The van der Waals surface area contributed by atoms with Gasteiger partial charge in [-0.1, -0.05) is 12.1 Å². The molecule has 2 aromatic carbocycles. The summed E-state index contributed by atoms with van der Waals surface area (Å²) >= 11 is 0. The van der Waals surface area contributed by atoms with Crippen molar-refractivity contribution in [2.24, 2.45) is 0 Å². The monoisotopic (exact) mass is 341 g/mol. The van der Waals surface area contributed by atoms with Gasteiger partial charge >= 0.3 is 5.63 Å². The second-order valence-corrected chi connectivity index (χ2v) is 5.60. The van der Waals surface area contributed by atoms with E-state index in [1.807, 2.05) is 0 Å². The summed E-state index contributed by atoms with van der Waals surface area (Å²) in [6.07, 6.45) is 0. The molecule has 3 aromatic rings. The van der Waals surface area contributed by atoms with Crippen molar-refractivity contribution in [1.82, 2.24) is 5.32 Å². The Kier molecular flexibility index (Phi) is 4.52. The van der Waals surface area contributed by atoms with Gasteiger partial charge in [0.25, 0.3) is 5.91 Å². The number of methoxy groups -OCH3 is 1. The predicted octanol–water partition coefficient (Wildman–Crippen LogP) is 3.43. The Bertz CT molecular complexity index is 979. The number of carbonyl (C=O) groups excluding carboxylic acids is 1. The van der Waals surface area contributed by atoms with Crippen molar-refractivity contribution >= 4 is 16.9 Å². The molecule has 1 aromatic heterocycles. The number of amides is 1. The lowest BCUT2D eigenvalue weighted by Crippen LogP contribution is -2.30. The molecular formula is C19H16FNO4. The van der Waals surface area contributed by atoms with Crippen LogP contribution in [0, 0.1) is 5.82 Å². The standard InChI is InChI=1S/C19H16FNO4/c1-11(12-3-5-14(20)6-4-12)21-18(22)16-10-13-9-15(24-2)7-8-17(13)25-19(16)23/h3-11H,1-2H3,(H,21,22). The second kappa shape index (κ2) is 6.76. The zero-order valence-corrected chi connectivity index (χ0v) is 13.7. The number of rotatable bonds is 4. The normalized spacial score (nSPS) is 12.0. The smallest absolute Gasteiger partial charge is 0.349 e. The van der Waals surface area contributed by atoms with E-state index in [0.717, 1.165) is 5.56 Å². The zero-order chi connectivity index (χ0) is 18.0. The van der Waals surface area contributed by atoms with E-state index in [0.29, 0.717) is 16.7 Å². The number of ether oxygens (including phenoxy) is 1. The Morgan fingerprint density at radius 3 is 2.56 bits per heavy atom. The molecule has 0 spiro atoms. The maximum absolute atomic E-state index is 13.0. The third kappa shape index (κ3) is 3.52. The van der Waals surface area contributed by atoms with Gasteiger partial charge in [-0.25, -0.2) is 9.18 Å². The van der Waals surface area contributed by atoms with E-state index >= 15 is 0 Å². The van der Waals surface area contributed by atoms with Crippen LogP contribution in [0.15, 0.2) is 57.7 Å². The van der Waals surface area contributed by atoms with Gasteiger partial charge in [-0.3, -0.25) is 4.79 Å². The zero-order valence-electron chi connectivity index (χ0n) is 13.7. The van der Waals surface area contributed by atoms with Crippen molar-refractivity contribution in [3.8, 4) is 5.75 Å². The van der Waals surface area contributed by atoms with Crippen LogP contribution in [0.2, 0.25) is 0 Å². The second-order valence-electron chi connectivity index (χ2n) is 5.60. The van der Waals surface area contributed by atoms with E-state index in [4.69, 9.17) is 9.15 Å². The number of hydrogen-bond acceptors (Lipinski definition) is 4. The summed E-state index contributed by atoms with van der Waals surface area (Å²) in [5, 5.41) is 3.30. The molecule has 1 heterocycles. The van der Waals surface area contributed by atoms with Crippen molar-refractivity contribution in [2.45, 2.75) is 13.0 Å². The molecule has 0 aliphatic rings. The van der Waals surface area contributed by atoms with Gasteiger partial charge in [0.05, 0.1) is 13.2 Å². The van der Waals surface area contributed by atoms with Gasteiger partial charge < -0.3 is 14.5 Å². The Balaban J connectivity index is 1.89. The SMILES string of the molecule is COc1ccc2oc(=O)c(C(=O)NC(C)c3ccc(F)cc3)cc2c1. The first-order valence-electron chi connectivity index (χ1n) is 7.66. The lowest BCUT2D eigenvalue weighted by Gasteiger charge is -2.14. The Labute approximate surface area is 143 Å². The van der Waals surface area contributed by atoms with Gasteiger partial charge in [0.15, 0.2) is 0 Å². The minimum atomic E-state index is -0.721. The maximum Gasteiger partial charge on any atom is 0.349 e. The first kappa shape index (κ1) is 16.7. The summed E-state index contributed by atoms with van der Waals surface area (Å²) in [6.45, 7) is 1.75. The highest BCUT2D eigenvalue weighted by Crippen LogP contribution is 2.20. The fourth-order valence-electron chi connectivity index (χ4n) is 2.50. The van der Waals surface area contributed by atoms with Crippen LogP contribution in [0.25, 0.3) is 11.0 Å². The number of nitrogens with one attached hydrogen (secondary N) is 1. The summed E-state index contributed by atoms with van der Waals surface area (Å²) in [4.78, 5) is 24.5. The summed E-state index contributed by atoms with van der Waals surface area (Å²) in [6, 6.07) is 11.8. The molecule has 0 aliphatic heterocycles. The lowest BCUT2D eigenvalue weighted by molar-refractivity contribution is 0.0936. The molecule has 0 aliphatic carbocycles. The van der Waals surface area contributed by atoms with Gasteiger partial charge in [-0.15, -0.1) is 0 Å². The summed E-state index contributed by atoms with van der Waals surface area (Å²) < 4.78 is 23.3. The van der Waals surface area contributed by atoms with Crippen molar-refractivity contribution in [3.63, 3.8) is 0 Å². The molecule has 0 saturated heterocycles. The predicted molar refractivity (Wildman–Crippen MR) is 91.3 cm³/mol. The third-order valence-corrected chi connectivity index (χ3v) is 3.90. The molecule has 0 fully saturated rings. The highest BCUT2D eigenvalue weighted by atomic mass is 19.1. The van der Waals surface area contributed by atoms with Crippen LogP contribution in [0.4, 0.5) is 4.39 Å². The molecule has 6 heteroatoms. The first-order chi connectivity index (χ1) is 12.0. The number of benzene rings is 2. The van der Waals surface area contributed by atoms with E-state index < -0.39 is 17.6 Å². The van der Waals surface area contributed by atoms with Gasteiger partial charge in [0.1, 0.15) is 22.7 Å². The molecule has 0 saturated carbocycles. The number of carbonyl (C=O) groups is 1. The fraction of sp³-hybridized carbons (Fsp3) is 0.158. The van der Waals surface area contributed by atoms with Crippen LogP contribution in [-0.2, 0) is 0 Å². The largest absolute Gasteiger partial charge is 0.497 e. The van der Waals surface area contributed by atoms with Crippen LogP contribution in [0.5, 0.6) is 5.75 Å². The fourth-order valence-corrected chi connectivity index (χ4v) is 2.50. The van der Waals surface area contributed by atoms with Crippen molar-refractivity contribution in [2.75, 3.05) is 7.11 Å². The number of hydrogen-bond donors (Lipinski definition) is 1.